The lowest BCUT2D eigenvalue weighted by Crippen LogP contribution is -2.21. The molecule has 0 saturated carbocycles. The first kappa shape index (κ1) is 14.5. The van der Waals surface area contributed by atoms with Crippen LogP contribution in [-0.4, -0.2) is 33.9 Å². The molecule has 0 radical (unpaired) electrons. The summed E-state index contributed by atoms with van der Waals surface area (Å²) in [5.74, 6) is -1.15. The molecular weight excluding hydrogens is 306 g/mol. The summed E-state index contributed by atoms with van der Waals surface area (Å²) >= 11 is 3.07. The maximum Gasteiger partial charge on any atom is 0.336 e. The topological polar surface area (TPSA) is 127 Å². The van der Waals surface area contributed by atoms with Gasteiger partial charge in [0.15, 0.2) is 0 Å². The predicted octanol–water partition coefficient (Wildman–Crippen LogP) is 1.85. The Morgan fingerprint density at radius 1 is 1.50 bits per heavy atom. The fourth-order valence-electron chi connectivity index (χ4n) is 1.33. The monoisotopic (exact) mass is 315 g/mol. The number of halogens is 1. The summed E-state index contributed by atoms with van der Waals surface area (Å²) in [5.41, 5.74) is 8.31. The normalized spacial score (nSPS) is 13.5. The van der Waals surface area contributed by atoms with Gasteiger partial charge in [0, 0.05) is 9.38 Å². The number of hydrogen-bond donors (Lipinski definition) is 3. The fraction of sp³-hybridized carbons (Fsp3) is 0.300. The van der Waals surface area contributed by atoms with Crippen molar-refractivity contribution in [3.8, 4) is 0 Å². The van der Waals surface area contributed by atoms with Crippen molar-refractivity contribution in [2.75, 3.05) is 6.54 Å². The van der Waals surface area contributed by atoms with E-state index < -0.39 is 18.2 Å². The summed E-state index contributed by atoms with van der Waals surface area (Å²) in [6.45, 7) is -0.296. The third-order valence-corrected chi connectivity index (χ3v) is 2.95. The van der Waals surface area contributed by atoms with Gasteiger partial charge in [-0.3, -0.25) is 0 Å². The zero-order valence-electron chi connectivity index (χ0n) is 9.06. The molecule has 0 aliphatic rings. The number of nitrogens with zero attached hydrogens (tertiary/aromatic N) is 3. The van der Waals surface area contributed by atoms with Crippen LogP contribution >= 0.6 is 15.9 Å². The van der Waals surface area contributed by atoms with E-state index in [0.29, 0.717) is 4.47 Å². The van der Waals surface area contributed by atoms with E-state index in [4.69, 9.17) is 10.6 Å². The second-order valence-corrected chi connectivity index (χ2v) is 4.32. The number of carboxylic acids is 1. The van der Waals surface area contributed by atoms with Crippen molar-refractivity contribution in [1.82, 2.24) is 0 Å². The van der Waals surface area contributed by atoms with Gasteiger partial charge in [-0.15, -0.1) is 0 Å². The molecule has 0 fully saturated rings. The molecule has 0 heterocycles. The molecule has 0 aromatic heterocycles. The average Bonchev–Trinajstić information content (AvgIpc) is 2.35. The minimum absolute atomic E-state index is 0.0254. The van der Waals surface area contributed by atoms with E-state index in [-0.39, 0.29) is 17.7 Å². The van der Waals surface area contributed by atoms with Gasteiger partial charge in [-0.05, 0) is 39.2 Å². The highest BCUT2D eigenvalue weighted by Crippen LogP contribution is 2.24. The van der Waals surface area contributed by atoms with Crippen LogP contribution in [0.15, 0.2) is 27.8 Å². The molecule has 2 atom stereocenters. The highest BCUT2D eigenvalue weighted by Gasteiger charge is 2.19. The van der Waals surface area contributed by atoms with Crippen LogP contribution in [0.1, 0.15) is 22.0 Å². The number of carboxylic acid groups (broad SMARTS) is 1. The van der Waals surface area contributed by atoms with Crippen molar-refractivity contribution in [3.05, 3.63) is 44.2 Å². The zero-order chi connectivity index (χ0) is 13.7. The summed E-state index contributed by atoms with van der Waals surface area (Å²) in [4.78, 5) is 13.4. The number of azide groups is 1. The van der Waals surface area contributed by atoms with Crippen molar-refractivity contribution in [3.63, 3.8) is 0 Å². The highest BCUT2D eigenvalue weighted by atomic mass is 79.9. The van der Waals surface area contributed by atoms with Crippen molar-refractivity contribution < 1.29 is 20.1 Å². The molecule has 0 bridgehead atoms. The van der Waals surface area contributed by atoms with Crippen molar-refractivity contribution in [2.24, 2.45) is 5.11 Å². The first-order valence-electron chi connectivity index (χ1n) is 4.87. The second-order valence-electron chi connectivity index (χ2n) is 3.47. The minimum Gasteiger partial charge on any atom is -0.478 e. The predicted molar refractivity (Wildman–Crippen MR) is 66.1 cm³/mol. The third kappa shape index (κ3) is 3.44. The molecular formula is C10H10BrN3O4. The van der Waals surface area contributed by atoms with Crippen LogP contribution in [-0.2, 0) is 0 Å². The van der Waals surface area contributed by atoms with Gasteiger partial charge in [0.05, 0.1) is 18.2 Å². The van der Waals surface area contributed by atoms with Gasteiger partial charge in [-0.25, -0.2) is 4.79 Å². The quantitative estimate of drug-likeness (QED) is 0.435. The maximum atomic E-state index is 10.9. The summed E-state index contributed by atoms with van der Waals surface area (Å²) < 4.78 is 0.371. The molecule has 0 aliphatic carbocycles. The first-order valence-corrected chi connectivity index (χ1v) is 5.66. The van der Waals surface area contributed by atoms with Gasteiger partial charge in [-0.1, -0.05) is 11.2 Å². The molecule has 1 aromatic carbocycles. The summed E-state index contributed by atoms with van der Waals surface area (Å²) in [5, 5.41) is 31.3. The number of aliphatic hydroxyl groups excluding tert-OH is 2. The van der Waals surface area contributed by atoms with Crippen LogP contribution in [0.3, 0.4) is 0 Å². The van der Waals surface area contributed by atoms with Gasteiger partial charge in [0.25, 0.3) is 0 Å². The molecule has 1 rings (SSSR count). The number of aromatic carboxylic acids is 1. The van der Waals surface area contributed by atoms with Crippen LogP contribution in [0.5, 0.6) is 0 Å². The van der Waals surface area contributed by atoms with Crippen molar-refractivity contribution in [1.29, 1.82) is 0 Å². The van der Waals surface area contributed by atoms with Crippen molar-refractivity contribution in [2.45, 2.75) is 12.2 Å². The number of rotatable bonds is 5. The van der Waals surface area contributed by atoms with Crippen LogP contribution in [0.4, 0.5) is 0 Å². The third-order valence-electron chi connectivity index (χ3n) is 2.26. The van der Waals surface area contributed by atoms with Crippen LogP contribution in [0.2, 0.25) is 0 Å². The van der Waals surface area contributed by atoms with Gasteiger partial charge in [-0.2, -0.15) is 0 Å². The lowest BCUT2D eigenvalue weighted by molar-refractivity contribution is 0.0243. The molecule has 0 saturated heterocycles. The smallest absolute Gasteiger partial charge is 0.336 e. The van der Waals surface area contributed by atoms with E-state index in [0.717, 1.165) is 0 Å². The Bertz CT molecular complexity index is 502. The molecule has 2 unspecified atom stereocenters. The molecule has 7 nitrogen and oxygen atoms in total. The number of carbonyl (C=O) groups is 1. The minimum atomic E-state index is -1.32. The molecule has 18 heavy (non-hydrogen) atoms. The maximum absolute atomic E-state index is 10.9. The van der Waals surface area contributed by atoms with Crippen LogP contribution in [0, 0.1) is 0 Å². The SMILES string of the molecule is [N-]=[N+]=NCC(O)C(O)c1ccc(Br)c(C(=O)O)c1. The largest absolute Gasteiger partial charge is 0.478 e. The van der Waals surface area contributed by atoms with Crippen molar-refractivity contribution >= 4 is 21.9 Å². The van der Waals surface area contributed by atoms with E-state index in [2.05, 4.69) is 26.0 Å². The summed E-state index contributed by atoms with van der Waals surface area (Å²) in [6, 6.07) is 4.18. The standard InChI is InChI=1S/C10H10BrN3O4/c11-7-2-1-5(3-6(7)10(17)18)9(16)8(15)4-13-14-12/h1-3,8-9,15-16H,4H2,(H,17,18). The molecule has 3 N–H and O–H groups in total. The van der Waals surface area contributed by atoms with Gasteiger partial charge < -0.3 is 15.3 Å². The lowest BCUT2D eigenvalue weighted by atomic mass is 10.0. The molecule has 0 aliphatic heterocycles. The zero-order valence-corrected chi connectivity index (χ0v) is 10.6. The first-order chi connectivity index (χ1) is 8.47. The van der Waals surface area contributed by atoms with E-state index in [1.807, 2.05) is 0 Å². The fourth-order valence-corrected chi connectivity index (χ4v) is 1.75. The van der Waals surface area contributed by atoms with E-state index in [9.17, 15) is 15.0 Å². The molecule has 0 spiro atoms. The Balaban J connectivity index is 2.99. The molecule has 96 valence electrons. The molecule has 0 amide bonds. The number of hydrogen-bond acceptors (Lipinski definition) is 4. The average molecular weight is 316 g/mol. The van der Waals surface area contributed by atoms with E-state index in [1.54, 1.807) is 0 Å². The lowest BCUT2D eigenvalue weighted by Gasteiger charge is -2.16. The Labute approximate surface area is 110 Å². The van der Waals surface area contributed by atoms with E-state index in [1.165, 1.54) is 18.2 Å². The second kappa shape index (κ2) is 6.36. The Hall–Kier alpha value is -1.60. The summed E-state index contributed by atoms with van der Waals surface area (Å²) in [6.07, 6.45) is -2.61. The van der Waals surface area contributed by atoms with Gasteiger partial charge in [0.1, 0.15) is 6.10 Å². The van der Waals surface area contributed by atoms with E-state index >= 15 is 0 Å². The Morgan fingerprint density at radius 2 is 2.17 bits per heavy atom. The Kier molecular flexibility index (Phi) is 5.11. The van der Waals surface area contributed by atoms with Gasteiger partial charge in [0.2, 0.25) is 0 Å². The van der Waals surface area contributed by atoms with Crippen LogP contribution in [0.25, 0.3) is 10.4 Å². The van der Waals surface area contributed by atoms with Crippen LogP contribution < -0.4 is 0 Å². The summed E-state index contributed by atoms with van der Waals surface area (Å²) in [7, 11) is 0. The Morgan fingerprint density at radius 3 is 2.72 bits per heavy atom. The number of aliphatic hydroxyl groups is 2. The molecule has 1 aromatic rings. The van der Waals surface area contributed by atoms with Gasteiger partial charge >= 0.3 is 5.97 Å². The molecule has 8 heteroatoms. The number of benzene rings is 1. The highest BCUT2D eigenvalue weighted by molar-refractivity contribution is 9.10.